The smallest absolute Gasteiger partial charge is 0.211 e. The Kier molecular flexibility index (Phi) is 4.20. The Morgan fingerprint density at radius 2 is 1.91 bits per heavy atom. The van der Waals surface area contributed by atoms with Crippen molar-refractivity contribution < 1.29 is 8.42 Å². The van der Waals surface area contributed by atoms with Crippen LogP contribution in [0, 0.1) is 6.92 Å². The molecule has 8 heteroatoms. The third-order valence-electron chi connectivity index (χ3n) is 4.28. The van der Waals surface area contributed by atoms with Crippen molar-refractivity contribution in [1.82, 2.24) is 24.1 Å². The van der Waals surface area contributed by atoms with Gasteiger partial charge in [-0.2, -0.15) is 5.10 Å². The zero-order chi connectivity index (χ0) is 16.6. The summed E-state index contributed by atoms with van der Waals surface area (Å²) in [5.74, 6) is 0.992. The third-order valence-corrected chi connectivity index (χ3v) is 5.59. The Hall–Kier alpha value is -1.80. The highest BCUT2D eigenvalue weighted by atomic mass is 32.2. The van der Waals surface area contributed by atoms with Crippen LogP contribution in [0.25, 0.3) is 11.4 Å². The average Bonchev–Trinajstić information content (AvgIpc) is 2.92. The SMILES string of the molecule is Cc1nc(-c2ccnn2C)cc(C2CCN(S(C)(=O)=O)CC2)n1. The van der Waals surface area contributed by atoms with Gasteiger partial charge in [-0.15, -0.1) is 0 Å². The van der Waals surface area contributed by atoms with Crippen molar-refractivity contribution in [2.45, 2.75) is 25.7 Å². The molecule has 124 valence electrons. The van der Waals surface area contributed by atoms with Crippen molar-refractivity contribution in [2.24, 2.45) is 7.05 Å². The molecule has 0 radical (unpaired) electrons. The van der Waals surface area contributed by atoms with Gasteiger partial charge >= 0.3 is 0 Å². The fraction of sp³-hybridized carbons (Fsp3) is 0.533. The quantitative estimate of drug-likeness (QED) is 0.845. The lowest BCUT2D eigenvalue weighted by atomic mass is 9.93. The molecule has 0 aliphatic carbocycles. The second-order valence-electron chi connectivity index (χ2n) is 6.00. The molecule has 0 bridgehead atoms. The number of rotatable bonds is 3. The Balaban J connectivity index is 1.85. The molecule has 2 aromatic heterocycles. The van der Waals surface area contributed by atoms with Gasteiger partial charge in [0.2, 0.25) is 10.0 Å². The topological polar surface area (TPSA) is 81.0 Å². The van der Waals surface area contributed by atoms with Gasteiger partial charge < -0.3 is 0 Å². The van der Waals surface area contributed by atoms with Gasteiger partial charge in [0.25, 0.3) is 0 Å². The molecule has 1 fully saturated rings. The highest BCUT2D eigenvalue weighted by Gasteiger charge is 2.27. The van der Waals surface area contributed by atoms with Crippen molar-refractivity contribution in [3.05, 3.63) is 29.8 Å². The average molecular weight is 335 g/mol. The highest BCUT2D eigenvalue weighted by molar-refractivity contribution is 7.88. The maximum absolute atomic E-state index is 11.6. The van der Waals surface area contributed by atoms with E-state index >= 15 is 0 Å². The van der Waals surface area contributed by atoms with Gasteiger partial charge in [-0.3, -0.25) is 4.68 Å². The second-order valence-corrected chi connectivity index (χ2v) is 7.98. The Morgan fingerprint density at radius 3 is 2.48 bits per heavy atom. The molecule has 0 N–H and O–H groups in total. The van der Waals surface area contributed by atoms with E-state index in [-0.39, 0.29) is 5.92 Å². The fourth-order valence-corrected chi connectivity index (χ4v) is 3.91. The standard InChI is InChI=1S/C15H21N5O2S/c1-11-17-13(10-14(18-11)15-4-7-16-19(15)2)12-5-8-20(9-6-12)23(3,21)22/h4,7,10,12H,5-6,8-9H2,1-3H3. The van der Waals surface area contributed by atoms with E-state index < -0.39 is 10.0 Å². The molecule has 1 aliphatic heterocycles. The van der Waals surface area contributed by atoms with E-state index in [1.807, 2.05) is 26.1 Å². The zero-order valence-electron chi connectivity index (χ0n) is 13.6. The normalized spacial score (nSPS) is 17.5. The summed E-state index contributed by atoms with van der Waals surface area (Å²) in [6, 6.07) is 3.93. The van der Waals surface area contributed by atoms with E-state index in [0.29, 0.717) is 13.1 Å². The third kappa shape index (κ3) is 3.42. The number of aryl methyl sites for hydroxylation is 2. The molecular formula is C15H21N5O2S. The number of sulfonamides is 1. The Bertz CT molecular complexity index is 807. The van der Waals surface area contributed by atoms with E-state index in [1.165, 1.54) is 6.26 Å². The molecule has 0 atom stereocenters. The van der Waals surface area contributed by atoms with Gasteiger partial charge in [-0.1, -0.05) is 0 Å². The summed E-state index contributed by atoms with van der Waals surface area (Å²) in [7, 11) is -1.21. The van der Waals surface area contributed by atoms with Gasteiger partial charge in [0.05, 0.1) is 17.6 Å². The van der Waals surface area contributed by atoms with Crippen LogP contribution >= 0.6 is 0 Å². The van der Waals surface area contributed by atoms with Crippen LogP contribution in [0.15, 0.2) is 18.3 Å². The molecule has 1 saturated heterocycles. The minimum atomic E-state index is -3.10. The van der Waals surface area contributed by atoms with E-state index in [1.54, 1.807) is 15.2 Å². The molecule has 0 saturated carbocycles. The highest BCUT2D eigenvalue weighted by Crippen LogP contribution is 2.29. The van der Waals surface area contributed by atoms with Crippen molar-refractivity contribution in [3.8, 4) is 11.4 Å². The van der Waals surface area contributed by atoms with Crippen LogP contribution in [0.2, 0.25) is 0 Å². The summed E-state index contributed by atoms with van der Waals surface area (Å²) in [6.45, 7) is 2.98. The number of hydrogen-bond donors (Lipinski definition) is 0. The van der Waals surface area contributed by atoms with Crippen LogP contribution in [0.5, 0.6) is 0 Å². The molecule has 3 rings (SSSR count). The lowest BCUT2D eigenvalue weighted by Crippen LogP contribution is -2.37. The van der Waals surface area contributed by atoms with Crippen molar-refractivity contribution >= 4 is 10.0 Å². The van der Waals surface area contributed by atoms with E-state index in [0.717, 1.165) is 35.7 Å². The molecule has 2 aromatic rings. The molecule has 1 aliphatic rings. The first-order chi connectivity index (χ1) is 10.8. The van der Waals surface area contributed by atoms with Gasteiger partial charge in [0.15, 0.2) is 0 Å². The summed E-state index contributed by atoms with van der Waals surface area (Å²) in [5, 5.41) is 4.18. The lowest BCUT2D eigenvalue weighted by molar-refractivity contribution is 0.318. The molecule has 0 aromatic carbocycles. The van der Waals surface area contributed by atoms with Crippen LogP contribution < -0.4 is 0 Å². The number of nitrogens with zero attached hydrogens (tertiary/aromatic N) is 5. The first-order valence-corrected chi connectivity index (χ1v) is 9.48. The fourth-order valence-electron chi connectivity index (χ4n) is 3.04. The summed E-state index contributed by atoms with van der Waals surface area (Å²) in [5.41, 5.74) is 2.80. The van der Waals surface area contributed by atoms with Gasteiger partial charge in [0, 0.05) is 37.9 Å². The van der Waals surface area contributed by atoms with E-state index in [9.17, 15) is 8.42 Å². The minimum absolute atomic E-state index is 0.265. The van der Waals surface area contributed by atoms with Crippen molar-refractivity contribution in [3.63, 3.8) is 0 Å². The van der Waals surface area contributed by atoms with E-state index in [2.05, 4.69) is 15.1 Å². The van der Waals surface area contributed by atoms with E-state index in [4.69, 9.17) is 0 Å². The number of piperidine rings is 1. The summed E-state index contributed by atoms with van der Waals surface area (Å²) >= 11 is 0. The maximum Gasteiger partial charge on any atom is 0.211 e. The summed E-state index contributed by atoms with van der Waals surface area (Å²) in [6.07, 6.45) is 4.59. The Labute approximate surface area is 136 Å². The molecule has 3 heterocycles. The van der Waals surface area contributed by atoms with Crippen LogP contribution in [0.4, 0.5) is 0 Å². The Morgan fingerprint density at radius 1 is 1.22 bits per heavy atom. The molecule has 7 nitrogen and oxygen atoms in total. The molecule has 0 spiro atoms. The van der Waals surface area contributed by atoms with Crippen LogP contribution in [-0.2, 0) is 17.1 Å². The van der Waals surface area contributed by atoms with Gasteiger partial charge in [-0.25, -0.2) is 22.7 Å². The summed E-state index contributed by atoms with van der Waals surface area (Å²) < 4.78 is 26.6. The molecule has 23 heavy (non-hydrogen) atoms. The maximum atomic E-state index is 11.6. The number of hydrogen-bond acceptors (Lipinski definition) is 5. The van der Waals surface area contributed by atoms with Crippen LogP contribution in [0.3, 0.4) is 0 Å². The summed E-state index contributed by atoms with van der Waals surface area (Å²) in [4.78, 5) is 9.08. The minimum Gasteiger partial charge on any atom is -0.266 e. The second kappa shape index (κ2) is 6.01. The monoisotopic (exact) mass is 335 g/mol. The predicted molar refractivity (Wildman–Crippen MR) is 87.4 cm³/mol. The number of aromatic nitrogens is 4. The zero-order valence-corrected chi connectivity index (χ0v) is 14.4. The lowest BCUT2D eigenvalue weighted by Gasteiger charge is -2.30. The van der Waals surface area contributed by atoms with Crippen molar-refractivity contribution in [1.29, 1.82) is 0 Å². The molecular weight excluding hydrogens is 314 g/mol. The molecule has 0 unspecified atom stereocenters. The van der Waals surface area contributed by atoms with Gasteiger partial charge in [-0.05, 0) is 31.9 Å². The molecule has 0 amide bonds. The predicted octanol–water partition coefficient (Wildman–Crippen LogP) is 1.32. The van der Waals surface area contributed by atoms with Crippen molar-refractivity contribution in [2.75, 3.05) is 19.3 Å². The first-order valence-electron chi connectivity index (χ1n) is 7.63. The van der Waals surface area contributed by atoms with Crippen LogP contribution in [-0.4, -0.2) is 51.8 Å². The van der Waals surface area contributed by atoms with Gasteiger partial charge in [0.1, 0.15) is 5.82 Å². The largest absolute Gasteiger partial charge is 0.266 e. The van der Waals surface area contributed by atoms with Crippen LogP contribution in [0.1, 0.15) is 30.3 Å². The first kappa shape index (κ1) is 16.1.